The molecular weight excluding hydrogens is 228 g/mol. The summed E-state index contributed by atoms with van der Waals surface area (Å²) < 4.78 is 7.04. The Bertz CT molecular complexity index is 548. The summed E-state index contributed by atoms with van der Waals surface area (Å²) in [5.74, 6) is 0.750. The molecule has 0 aliphatic heterocycles. The van der Waals surface area contributed by atoms with E-state index in [1.807, 2.05) is 37.0 Å². The summed E-state index contributed by atoms with van der Waals surface area (Å²) in [6, 6.07) is 5.59. The van der Waals surface area contributed by atoms with Gasteiger partial charge in [0, 0.05) is 48.4 Å². The van der Waals surface area contributed by atoms with E-state index in [-0.39, 0.29) is 0 Å². The van der Waals surface area contributed by atoms with Gasteiger partial charge in [0.1, 0.15) is 5.75 Å². The van der Waals surface area contributed by atoms with Crippen LogP contribution in [0.15, 0.2) is 24.4 Å². The Labute approximate surface area is 107 Å². The summed E-state index contributed by atoms with van der Waals surface area (Å²) in [7, 11) is 3.56. The van der Waals surface area contributed by atoms with Crippen LogP contribution in [0.5, 0.6) is 5.75 Å². The molecule has 2 aromatic rings. The lowest BCUT2D eigenvalue weighted by Crippen LogP contribution is -2.02. The van der Waals surface area contributed by atoms with Crippen LogP contribution in [-0.4, -0.2) is 16.9 Å². The lowest BCUT2D eigenvalue weighted by atomic mass is 10.2. The fourth-order valence-electron chi connectivity index (χ4n) is 1.76. The van der Waals surface area contributed by atoms with Gasteiger partial charge in [-0.1, -0.05) is 0 Å². The molecule has 0 aliphatic carbocycles. The number of aromatic nitrogens is 2. The van der Waals surface area contributed by atoms with Gasteiger partial charge in [0.25, 0.3) is 0 Å². The number of rotatable bonds is 4. The summed E-state index contributed by atoms with van der Waals surface area (Å²) in [5.41, 5.74) is 9.74. The third kappa shape index (κ3) is 2.56. The SMILES string of the molecule is COc1cc(N)cc(NCc2cnn(C)c2C)c1. The first-order chi connectivity index (χ1) is 8.60. The maximum atomic E-state index is 5.80. The molecule has 0 fully saturated rings. The zero-order chi connectivity index (χ0) is 13.1. The van der Waals surface area contributed by atoms with Crippen LogP contribution in [0, 0.1) is 6.92 Å². The van der Waals surface area contributed by atoms with Gasteiger partial charge in [0.2, 0.25) is 0 Å². The number of anilines is 2. The lowest BCUT2D eigenvalue weighted by molar-refractivity contribution is 0.415. The highest BCUT2D eigenvalue weighted by Gasteiger charge is 2.04. The fraction of sp³-hybridized carbons (Fsp3) is 0.308. The van der Waals surface area contributed by atoms with Gasteiger partial charge in [0.05, 0.1) is 13.3 Å². The van der Waals surface area contributed by atoms with Crippen molar-refractivity contribution in [2.75, 3.05) is 18.2 Å². The quantitative estimate of drug-likeness (QED) is 0.809. The minimum absolute atomic E-state index is 0.680. The number of nitrogens with two attached hydrogens (primary N) is 1. The van der Waals surface area contributed by atoms with Gasteiger partial charge in [-0.15, -0.1) is 0 Å². The maximum Gasteiger partial charge on any atom is 0.122 e. The third-order valence-corrected chi connectivity index (χ3v) is 2.98. The highest BCUT2D eigenvalue weighted by Crippen LogP contribution is 2.22. The number of nitrogens with zero attached hydrogens (tertiary/aromatic N) is 2. The monoisotopic (exact) mass is 246 g/mol. The van der Waals surface area contributed by atoms with E-state index >= 15 is 0 Å². The molecule has 5 heteroatoms. The Kier molecular flexibility index (Phi) is 3.41. The van der Waals surface area contributed by atoms with Crippen molar-refractivity contribution in [1.82, 2.24) is 9.78 Å². The molecular formula is C13H18N4O. The summed E-state index contributed by atoms with van der Waals surface area (Å²) in [4.78, 5) is 0. The number of hydrogen-bond acceptors (Lipinski definition) is 4. The molecule has 0 amide bonds. The van der Waals surface area contributed by atoms with Crippen molar-refractivity contribution in [2.24, 2.45) is 7.05 Å². The minimum atomic E-state index is 0.680. The van der Waals surface area contributed by atoms with E-state index in [9.17, 15) is 0 Å². The van der Waals surface area contributed by atoms with Gasteiger partial charge in [-0.05, 0) is 13.0 Å². The smallest absolute Gasteiger partial charge is 0.122 e. The van der Waals surface area contributed by atoms with Crippen molar-refractivity contribution >= 4 is 11.4 Å². The Morgan fingerprint density at radius 3 is 2.78 bits per heavy atom. The molecule has 0 spiro atoms. The molecule has 1 aromatic carbocycles. The van der Waals surface area contributed by atoms with Crippen molar-refractivity contribution < 1.29 is 4.74 Å². The first-order valence-electron chi connectivity index (χ1n) is 5.76. The average molecular weight is 246 g/mol. The number of aryl methyl sites for hydroxylation is 1. The summed E-state index contributed by atoms with van der Waals surface area (Å²) >= 11 is 0. The second-order valence-electron chi connectivity index (χ2n) is 4.23. The summed E-state index contributed by atoms with van der Waals surface area (Å²) in [5, 5.41) is 7.52. The normalized spacial score (nSPS) is 10.4. The van der Waals surface area contributed by atoms with E-state index in [0.717, 1.165) is 17.1 Å². The Morgan fingerprint density at radius 2 is 2.17 bits per heavy atom. The van der Waals surface area contributed by atoms with Crippen LogP contribution >= 0.6 is 0 Å². The van der Waals surface area contributed by atoms with Gasteiger partial charge < -0.3 is 15.8 Å². The van der Waals surface area contributed by atoms with Gasteiger partial charge in [-0.3, -0.25) is 4.68 Å². The molecule has 0 radical (unpaired) electrons. The number of nitrogens with one attached hydrogen (secondary N) is 1. The fourth-order valence-corrected chi connectivity index (χ4v) is 1.76. The van der Waals surface area contributed by atoms with Gasteiger partial charge in [0.15, 0.2) is 0 Å². The average Bonchev–Trinajstić information content (AvgIpc) is 2.67. The van der Waals surface area contributed by atoms with Crippen LogP contribution in [-0.2, 0) is 13.6 Å². The Morgan fingerprint density at radius 1 is 1.39 bits per heavy atom. The number of nitrogen functional groups attached to an aromatic ring is 1. The first kappa shape index (κ1) is 12.3. The van der Waals surface area contributed by atoms with Gasteiger partial charge >= 0.3 is 0 Å². The van der Waals surface area contributed by atoms with Gasteiger partial charge in [-0.25, -0.2) is 0 Å². The molecule has 0 unspecified atom stereocenters. The van der Waals surface area contributed by atoms with E-state index in [0.29, 0.717) is 12.2 Å². The number of hydrogen-bond donors (Lipinski definition) is 2. The van der Waals surface area contributed by atoms with Crippen molar-refractivity contribution in [3.8, 4) is 5.75 Å². The molecule has 5 nitrogen and oxygen atoms in total. The molecule has 18 heavy (non-hydrogen) atoms. The first-order valence-corrected chi connectivity index (χ1v) is 5.76. The molecule has 2 rings (SSSR count). The lowest BCUT2D eigenvalue weighted by Gasteiger charge is -2.09. The summed E-state index contributed by atoms with van der Waals surface area (Å²) in [6.45, 7) is 2.76. The highest BCUT2D eigenvalue weighted by molar-refractivity contribution is 5.59. The maximum absolute atomic E-state index is 5.80. The molecule has 1 aromatic heterocycles. The molecule has 3 N–H and O–H groups in total. The molecule has 1 heterocycles. The Hall–Kier alpha value is -2.17. The number of benzene rings is 1. The van der Waals surface area contributed by atoms with Crippen molar-refractivity contribution in [3.05, 3.63) is 35.7 Å². The van der Waals surface area contributed by atoms with Gasteiger partial charge in [-0.2, -0.15) is 5.10 Å². The number of methoxy groups -OCH3 is 1. The predicted octanol–water partition coefficient (Wildman–Crippen LogP) is 1.93. The zero-order valence-electron chi connectivity index (χ0n) is 10.9. The van der Waals surface area contributed by atoms with Crippen molar-refractivity contribution in [1.29, 1.82) is 0 Å². The van der Waals surface area contributed by atoms with Crippen LogP contribution in [0.3, 0.4) is 0 Å². The van der Waals surface area contributed by atoms with Crippen LogP contribution in [0.4, 0.5) is 11.4 Å². The molecule has 0 saturated carbocycles. The third-order valence-electron chi connectivity index (χ3n) is 2.98. The molecule has 0 bridgehead atoms. The zero-order valence-corrected chi connectivity index (χ0v) is 10.9. The number of ether oxygens (including phenoxy) is 1. The van der Waals surface area contributed by atoms with E-state index in [1.165, 1.54) is 5.56 Å². The standard InChI is InChI=1S/C13H18N4O/c1-9-10(8-16-17(9)2)7-15-12-4-11(14)5-13(6-12)18-3/h4-6,8,15H,7,14H2,1-3H3. The van der Waals surface area contributed by atoms with E-state index < -0.39 is 0 Å². The molecule has 0 aliphatic rings. The Balaban J connectivity index is 2.10. The van der Waals surface area contributed by atoms with Crippen LogP contribution in [0.1, 0.15) is 11.3 Å². The summed E-state index contributed by atoms with van der Waals surface area (Å²) in [6.07, 6.45) is 1.87. The second kappa shape index (κ2) is 5.00. The van der Waals surface area contributed by atoms with Crippen LogP contribution in [0.2, 0.25) is 0 Å². The van der Waals surface area contributed by atoms with E-state index in [4.69, 9.17) is 10.5 Å². The van der Waals surface area contributed by atoms with Crippen molar-refractivity contribution in [3.63, 3.8) is 0 Å². The van der Waals surface area contributed by atoms with Crippen LogP contribution in [0.25, 0.3) is 0 Å². The second-order valence-corrected chi connectivity index (χ2v) is 4.23. The minimum Gasteiger partial charge on any atom is -0.497 e. The van der Waals surface area contributed by atoms with Crippen molar-refractivity contribution in [2.45, 2.75) is 13.5 Å². The van der Waals surface area contributed by atoms with Crippen LogP contribution < -0.4 is 15.8 Å². The predicted molar refractivity (Wildman–Crippen MR) is 72.7 cm³/mol. The van der Waals surface area contributed by atoms with E-state index in [1.54, 1.807) is 13.2 Å². The molecule has 0 atom stereocenters. The largest absolute Gasteiger partial charge is 0.497 e. The molecule has 0 saturated heterocycles. The topological polar surface area (TPSA) is 65.1 Å². The highest BCUT2D eigenvalue weighted by atomic mass is 16.5. The molecule has 96 valence electrons. The van der Waals surface area contributed by atoms with E-state index in [2.05, 4.69) is 10.4 Å².